The zero-order chi connectivity index (χ0) is 26.7. The molecule has 3 N–H and O–H groups in total. The zero-order valence-electron chi connectivity index (χ0n) is 21.6. The topological polar surface area (TPSA) is 94.5 Å². The van der Waals surface area contributed by atoms with E-state index in [1.807, 2.05) is 68.6 Å². The van der Waals surface area contributed by atoms with Crippen LogP contribution in [0, 0.1) is 10.8 Å². The molecule has 0 aliphatic heterocycles. The molecule has 2 aromatic heterocycles. The van der Waals surface area contributed by atoms with Crippen molar-refractivity contribution in [2.75, 3.05) is 0 Å². The van der Waals surface area contributed by atoms with Crippen LogP contribution in [0.4, 0.5) is 0 Å². The van der Waals surface area contributed by atoms with Gasteiger partial charge in [0.25, 0.3) is 5.82 Å². The molecule has 0 amide bonds. The van der Waals surface area contributed by atoms with Gasteiger partial charge in [0, 0.05) is 41.9 Å². The molecule has 2 aliphatic carbocycles. The van der Waals surface area contributed by atoms with E-state index >= 15 is 0 Å². The Kier molecular flexibility index (Phi) is 6.06. The van der Waals surface area contributed by atoms with E-state index in [1.54, 1.807) is 12.1 Å². The molecule has 6 nitrogen and oxygen atoms in total. The highest BCUT2D eigenvalue weighted by Gasteiger charge is 2.46. The number of aromatic nitrogens is 2. The van der Waals surface area contributed by atoms with Crippen molar-refractivity contribution in [1.29, 1.82) is 0 Å². The van der Waals surface area contributed by atoms with Gasteiger partial charge in [-0.3, -0.25) is 9.59 Å². The molecule has 0 fully saturated rings. The van der Waals surface area contributed by atoms with Gasteiger partial charge in [-0.2, -0.15) is 4.40 Å². The number of carbonyl (C=O) groups excluding carboxylic acids is 2. The van der Waals surface area contributed by atoms with Crippen LogP contribution in [0.1, 0.15) is 65.0 Å². The third-order valence-electron chi connectivity index (χ3n) is 7.41. The van der Waals surface area contributed by atoms with Gasteiger partial charge in [-0.15, -0.1) is 0 Å². The molecule has 0 spiro atoms. The highest BCUT2D eigenvalue weighted by atomic mass is 35.5. The summed E-state index contributed by atoms with van der Waals surface area (Å²) in [7, 11) is 0. The normalized spacial score (nSPS) is 19.8. The SMILES string of the molecule is CC1(C)CC(=O)C(C(C2=C(O)CC(C)(C)CC2=O)c2[nH]c(-c3ccc(Cl)cc3)[n+]3ccccc23)=C(O)C1. The van der Waals surface area contributed by atoms with Crippen LogP contribution in [0.3, 0.4) is 0 Å². The molecule has 3 aromatic rings. The van der Waals surface area contributed by atoms with Crippen molar-refractivity contribution < 1.29 is 24.2 Å². The average Bonchev–Trinajstić information content (AvgIpc) is 3.15. The first kappa shape index (κ1) is 25.3. The minimum Gasteiger partial charge on any atom is -0.512 e. The summed E-state index contributed by atoms with van der Waals surface area (Å²) in [5.41, 5.74) is 1.76. The Morgan fingerprint density at radius 3 is 1.89 bits per heavy atom. The van der Waals surface area contributed by atoms with Crippen molar-refractivity contribution in [1.82, 2.24) is 4.98 Å². The Hall–Kier alpha value is -3.38. The third-order valence-corrected chi connectivity index (χ3v) is 7.66. The summed E-state index contributed by atoms with van der Waals surface area (Å²) < 4.78 is 1.95. The molecule has 0 saturated heterocycles. The number of aromatic amines is 1. The van der Waals surface area contributed by atoms with Crippen LogP contribution in [0.5, 0.6) is 0 Å². The van der Waals surface area contributed by atoms with Crippen LogP contribution in [-0.2, 0) is 9.59 Å². The Morgan fingerprint density at radius 1 is 0.838 bits per heavy atom. The van der Waals surface area contributed by atoms with Gasteiger partial charge in [0.1, 0.15) is 11.5 Å². The highest BCUT2D eigenvalue weighted by Crippen LogP contribution is 2.48. The highest BCUT2D eigenvalue weighted by molar-refractivity contribution is 6.30. The summed E-state index contributed by atoms with van der Waals surface area (Å²) >= 11 is 6.13. The van der Waals surface area contributed by atoms with E-state index in [2.05, 4.69) is 4.98 Å². The number of ketones is 2. The first-order valence-electron chi connectivity index (χ1n) is 12.6. The van der Waals surface area contributed by atoms with Crippen molar-refractivity contribution in [2.45, 2.75) is 59.3 Å². The predicted octanol–water partition coefficient (Wildman–Crippen LogP) is 6.56. The molecule has 0 bridgehead atoms. The van der Waals surface area contributed by atoms with Crippen LogP contribution in [0.15, 0.2) is 71.3 Å². The Bertz CT molecular complexity index is 1440. The molecular weight excluding hydrogens is 488 g/mol. The molecule has 192 valence electrons. The molecule has 0 atom stereocenters. The lowest BCUT2D eigenvalue weighted by Crippen LogP contribution is -2.34. The number of carbonyl (C=O) groups is 2. The number of Topliss-reactive ketones (excluding diaryl/α,β-unsaturated/α-hetero) is 2. The summed E-state index contributed by atoms with van der Waals surface area (Å²) in [6.07, 6.45) is 3.01. The molecule has 2 aliphatic rings. The van der Waals surface area contributed by atoms with Crippen LogP contribution in [0.2, 0.25) is 5.02 Å². The van der Waals surface area contributed by atoms with Crippen LogP contribution in [-0.4, -0.2) is 26.8 Å². The minimum atomic E-state index is -0.925. The Balaban J connectivity index is 1.81. The molecule has 5 rings (SSSR count). The molecular formula is C30H32ClN2O4+. The number of halogens is 1. The van der Waals surface area contributed by atoms with E-state index in [0.717, 1.165) is 16.9 Å². The van der Waals surface area contributed by atoms with Gasteiger partial charge in [-0.25, -0.2) is 4.98 Å². The fourth-order valence-corrected chi connectivity index (χ4v) is 5.97. The molecule has 2 heterocycles. The summed E-state index contributed by atoms with van der Waals surface area (Å²) in [4.78, 5) is 30.7. The van der Waals surface area contributed by atoms with E-state index in [0.29, 0.717) is 23.6 Å². The summed E-state index contributed by atoms with van der Waals surface area (Å²) in [5, 5.41) is 23.1. The summed E-state index contributed by atoms with van der Waals surface area (Å²) in [6, 6.07) is 13.1. The van der Waals surface area contributed by atoms with Crippen molar-refractivity contribution in [3.8, 4) is 11.4 Å². The standard InChI is InChI=1S/C30H31ClN2O4/c1-29(2)13-20(34)24(21(35)14-29)26(25-22(36)15-30(3,4)16-23(25)37)27-19-7-5-6-12-33(19)28(32-27)17-8-10-18(31)11-9-17/h5-12,26H,13-16H2,1-4H3,(H2,34,35,36,37)/p+1. The van der Waals surface area contributed by atoms with Crippen molar-refractivity contribution in [2.24, 2.45) is 10.8 Å². The van der Waals surface area contributed by atoms with Crippen LogP contribution < -0.4 is 4.40 Å². The predicted molar refractivity (Wildman–Crippen MR) is 142 cm³/mol. The summed E-state index contributed by atoms with van der Waals surface area (Å²) in [5.74, 6) is -0.672. The molecule has 0 saturated carbocycles. The lowest BCUT2D eigenvalue weighted by molar-refractivity contribution is -0.498. The number of imidazole rings is 1. The molecule has 1 aromatic carbocycles. The second-order valence-electron chi connectivity index (χ2n) is 11.9. The maximum atomic E-state index is 13.6. The number of benzene rings is 1. The van der Waals surface area contributed by atoms with Gasteiger partial charge in [-0.05, 0) is 47.2 Å². The van der Waals surface area contributed by atoms with E-state index in [-0.39, 0.29) is 47.1 Å². The van der Waals surface area contributed by atoms with Gasteiger partial charge in [0.2, 0.25) is 0 Å². The van der Waals surface area contributed by atoms with E-state index in [9.17, 15) is 19.8 Å². The monoisotopic (exact) mass is 519 g/mol. The maximum absolute atomic E-state index is 13.6. The first-order valence-corrected chi connectivity index (χ1v) is 12.9. The molecule has 0 unspecified atom stereocenters. The third kappa shape index (κ3) is 4.59. The van der Waals surface area contributed by atoms with Gasteiger partial charge >= 0.3 is 0 Å². The quantitative estimate of drug-likeness (QED) is 0.340. The van der Waals surface area contributed by atoms with Gasteiger partial charge in [0.15, 0.2) is 22.8 Å². The lowest BCUT2D eigenvalue weighted by atomic mass is 9.67. The van der Waals surface area contributed by atoms with Crippen molar-refractivity contribution >= 4 is 28.7 Å². The molecule has 0 radical (unpaired) electrons. The first-order chi connectivity index (χ1) is 17.4. The number of allylic oxidation sites excluding steroid dienone is 4. The fourth-order valence-electron chi connectivity index (χ4n) is 5.84. The number of aliphatic hydroxyl groups is 2. The number of rotatable bonds is 4. The minimum absolute atomic E-state index is 0.0269. The number of H-pyrrole nitrogens is 1. The zero-order valence-corrected chi connectivity index (χ0v) is 22.3. The molecule has 7 heteroatoms. The largest absolute Gasteiger partial charge is 0.512 e. The van der Waals surface area contributed by atoms with E-state index in [1.165, 1.54) is 0 Å². The number of aliphatic hydroxyl groups excluding tert-OH is 2. The number of hydrogen-bond acceptors (Lipinski definition) is 4. The second-order valence-corrected chi connectivity index (χ2v) is 12.3. The molecule has 37 heavy (non-hydrogen) atoms. The van der Waals surface area contributed by atoms with Gasteiger partial charge < -0.3 is 10.2 Å². The van der Waals surface area contributed by atoms with Crippen LogP contribution >= 0.6 is 11.6 Å². The average molecular weight is 520 g/mol. The fraction of sp³-hybridized carbons (Fsp3) is 0.367. The van der Waals surface area contributed by atoms with Gasteiger partial charge in [-0.1, -0.05) is 45.4 Å². The van der Waals surface area contributed by atoms with Crippen molar-refractivity contribution in [3.05, 3.63) is 82.0 Å². The van der Waals surface area contributed by atoms with Gasteiger partial charge in [0.05, 0.1) is 17.7 Å². The van der Waals surface area contributed by atoms with E-state index < -0.39 is 16.7 Å². The summed E-state index contributed by atoms with van der Waals surface area (Å²) in [6.45, 7) is 7.76. The van der Waals surface area contributed by atoms with Crippen molar-refractivity contribution in [3.63, 3.8) is 0 Å². The number of fused-ring (bicyclic) bond motifs is 1. The smallest absolute Gasteiger partial charge is 0.292 e. The van der Waals surface area contributed by atoms with E-state index in [4.69, 9.17) is 11.6 Å². The second kappa shape index (κ2) is 8.88. The number of hydrogen-bond donors (Lipinski definition) is 3. The Morgan fingerprint density at radius 2 is 1.38 bits per heavy atom. The number of nitrogens with one attached hydrogen (secondary N) is 1. The number of nitrogens with zero attached hydrogens (tertiary/aromatic N) is 1. The van der Waals surface area contributed by atoms with Crippen LogP contribution in [0.25, 0.3) is 16.9 Å². The maximum Gasteiger partial charge on any atom is 0.292 e. The number of pyridine rings is 1. The lowest BCUT2D eigenvalue weighted by Gasteiger charge is -2.35. The Labute approximate surface area is 221 Å².